The summed E-state index contributed by atoms with van der Waals surface area (Å²) >= 11 is 3.87. The van der Waals surface area contributed by atoms with Gasteiger partial charge in [0.25, 0.3) is 0 Å². The van der Waals surface area contributed by atoms with Crippen LogP contribution in [0.2, 0.25) is 0 Å². The van der Waals surface area contributed by atoms with Crippen molar-refractivity contribution in [1.29, 1.82) is 0 Å². The summed E-state index contributed by atoms with van der Waals surface area (Å²) in [6, 6.07) is 1.09. The normalized spacial score (nSPS) is 12.0. The van der Waals surface area contributed by atoms with E-state index in [0.717, 1.165) is 17.4 Å². The zero-order valence-electron chi connectivity index (χ0n) is 10.0. The van der Waals surface area contributed by atoms with Crippen LogP contribution in [-0.4, -0.2) is 46.5 Å². The summed E-state index contributed by atoms with van der Waals surface area (Å²) in [5, 5.41) is 8.82. The van der Waals surface area contributed by atoms with Gasteiger partial charge in [-0.1, -0.05) is 0 Å². The Morgan fingerprint density at radius 2 is 2.11 bits per heavy atom. The number of hydrogen-bond acceptors (Lipinski definition) is 6. The predicted molar refractivity (Wildman–Crippen MR) is 72.0 cm³/mol. The molecule has 108 valence electrons. The average molecular weight is 374 g/mol. The lowest BCUT2D eigenvalue weighted by atomic mass is 10.5. The maximum Gasteiger partial charge on any atom is 0.345 e. The van der Waals surface area contributed by atoms with E-state index in [4.69, 9.17) is 14.6 Å². The Morgan fingerprint density at radius 3 is 2.53 bits per heavy atom. The van der Waals surface area contributed by atoms with Crippen LogP contribution in [0.1, 0.15) is 9.67 Å². The van der Waals surface area contributed by atoms with Gasteiger partial charge in [-0.15, -0.1) is 11.3 Å². The molecule has 0 aromatic carbocycles. The largest absolute Gasteiger partial charge is 0.477 e. The fourth-order valence-electron chi connectivity index (χ4n) is 1.16. The Balaban J connectivity index is 2.91. The summed E-state index contributed by atoms with van der Waals surface area (Å²) in [6.07, 6.45) is -0.717. The molecule has 0 amide bonds. The zero-order valence-corrected chi connectivity index (χ0v) is 13.3. The predicted octanol–water partition coefficient (Wildman–Crippen LogP) is 1.11. The highest BCUT2D eigenvalue weighted by molar-refractivity contribution is 9.11. The number of hydrogen-bond donors (Lipinski definition) is 2. The number of thiophene rings is 1. The monoisotopic (exact) mass is 373 g/mol. The van der Waals surface area contributed by atoms with Gasteiger partial charge in [0, 0.05) is 14.2 Å². The van der Waals surface area contributed by atoms with E-state index >= 15 is 0 Å². The highest BCUT2D eigenvalue weighted by Gasteiger charge is 2.23. The van der Waals surface area contributed by atoms with Crippen molar-refractivity contribution in [3.05, 3.63) is 14.7 Å². The first-order valence-electron chi connectivity index (χ1n) is 4.89. The molecule has 19 heavy (non-hydrogen) atoms. The number of rotatable bonds is 7. The van der Waals surface area contributed by atoms with Gasteiger partial charge in [0.05, 0.1) is 10.3 Å². The molecule has 0 aliphatic rings. The molecule has 0 radical (unpaired) electrons. The number of carboxylic acids is 1. The highest BCUT2D eigenvalue weighted by atomic mass is 79.9. The smallest absolute Gasteiger partial charge is 0.345 e. The number of nitrogens with one attached hydrogen (secondary N) is 1. The summed E-state index contributed by atoms with van der Waals surface area (Å²) in [5.41, 5.74) is 0. The molecule has 2 N–H and O–H groups in total. The number of carbonyl (C=O) groups is 1. The lowest BCUT2D eigenvalue weighted by Crippen LogP contribution is -2.34. The van der Waals surface area contributed by atoms with Gasteiger partial charge in [-0.05, 0) is 22.0 Å². The van der Waals surface area contributed by atoms with E-state index in [1.165, 1.54) is 14.2 Å². The van der Waals surface area contributed by atoms with E-state index < -0.39 is 22.3 Å². The Morgan fingerprint density at radius 1 is 1.53 bits per heavy atom. The van der Waals surface area contributed by atoms with Gasteiger partial charge in [0.2, 0.25) is 10.0 Å². The number of carboxylic acid groups (broad SMARTS) is 1. The van der Waals surface area contributed by atoms with Gasteiger partial charge in [-0.3, -0.25) is 0 Å². The Bertz CT molecular complexity index is 551. The molecule has 0 saturated heterocycles. The lowest BCUT2D eigenvalue weighted by molar-refractivity contribution is -0.0960. The number of sulfonamides is 1. The van der Waals surface area contributed by atoms with E-state index in [1.54, 1.807) is 0 Å². The standard InChI is InChI=1S/C9H12BrNO6S2/c1-16-7(17-2)4-11-19(14,15)6-3-5(9(12)13)18-8(6)10/h3,7,11H,4H2,1-2H3,(H,12,13). The molecule has 0 saturated carbocycles. The minimum atomic E-state index is -3.83. The number of aromatic carboxylic acids is 1. The Kier molecular flexibility index (Phi) is 5.89. The third-order valence-corrected chi connectivity index (χ3v) is 5.79. The first kappa shape index (κ1) is 16.5. The number of halogens is 1. The minimum absolute atomic E-state index is 0.0673. The number of ether oxygens (including phenoxy) is 2. The Hall–Kier alpha value is -0.520. The van der Waals surface area contributed by atoms with Crippen molar-refractivity contribution < 1.29 is 27.8 Å². The van der Waals surface area contributed by atoms with E-state index in [1.807, 2.05) is 0 Å². The van der Waals surface area contributed by atoms with Gasteiger partial charge in [-0.2, -0.15) is 0 Å². The van der Waals surface area contributed by atoms with Crippen molar-refractivity contribution in [3.63, 3.8) is 0 Å². The van der Waals surface area contributed by atoms with Crippen LogP contribution < -0.4 is 4.72 Å². The summed E-state index contributed by atoms with van der Waals surface area (Å²) in [5.74, 6) is -1.18. The molecule has 1 heterocycles. The molecule has 0 spiro atoms. The fourth-order valence-corrected chi connectivity index (χ4v) is 4.58. The molecular formula is C9H12BrNO6S2. The van der Waals surface area contributed by atoms with Gasteiger partial charge < -0.3 is 14.6 Å². The number of methoxy groups -OCH3 is 2. The highest BCUT2D eigenvalue weighted by Crippen LogP contribution is 2.31. The minimum Gasteiger partial charge on any atom is -0.477 e. The molecule has 0 aliphatic carbocycles. The fraction of sp³-hybridized carbons (Fsp3) is 0.444. The second-order valence-corrected chi connectivity index (χ2v) is 7.41. The van der Waals surface area contributed by atoms with Crippen molar-refractivity contribution in [2.45, 2.75) is 11.2 Å². The quantitative estimate of drug-likeness (QED) is 0.694. The van der Waals surface area contributed by atoms with Crippen LogP contribution in [0.5, 0.6) is 0 Å². The average Bonchev–Trinajstić information content (AvgIpc) is 2.73. The second kappa shape index (κ2) is 6.77. The van der Waals surface area contributed by atoms with Crippen molar-refractivity contribution in [2.24, 2.45) is 0 Å². The molecule has 10 heteroatoms. The van der Waals surface area contributed by atoms with E-state index in [9.17, 15) is 13.2 Å². The van der Waals surface area contributed by atoms with Crippen LogP contribution in [0.3, 0.4) is 0 Å². The van der Waals surface area contributed by atoms with Gasteiger partial charge in [-0.25, -0.2) is 17.9 Å². The molecule has 7 nitrogen and oxygen atoms in total. The van der Waals surface area contributed by atoms with Crippen LogP contribution in [-0.2, 0) is 19.5 Å². The molecule has 1 rings (SSSR count). The van der Waals surface area contributed by atoms with Crippen LogP contribution in [0, 0.1) is 0 Å². The molecule has 0 aliphatic heterocycles. The second-order valence-electron chi connectivity index (χ2n) is 3.31. The van der Waals surface area contributed by atoms with Crippen LogP contribution in [0.4, 0.5) is 0 Å². The van der Waals surface area contributed by atoms with Crippen LogP contribution in [0.25, 0.3) is 0 Å². The first-order chi connectivity index (χ1) is 8.81. The van der Waals surface area contributed by atoms with Crippen molar-refractivity contribution in [3.8, 4) is 0 Å². The summed E-state index contributed by atoms with van der Waals surface area (Å²) < 4.78 is 36.2. The lowest BCUT2D eigenvalue weighted by Gasteiger charge is -2.13. The van der Waals surface area contributed by atoms with Gasteiger partial charge in [0.15, 0.2) is 6.29 Å². The van der Waals surface area contributed by atoms with Crippen LogP contribution in [0.15, 0.2) is 14.7 Å². The van der Waals surface area contributed by atoms with E-state index in [-0.39, 0.29) is 20.1 Å². The van der Waals surface area contributed by atoms with E-state index in [0.29, 0.717) is 0 Å². The topological polar surface area (TPSA) is 102 Å². The van der Waals surface area contributed by atoms with Crippen molar-refractivity contribution >= 4 is 43.3 Å². The van der Waals surface area contributed by atoms with Crippen LogP contribution >= 0.6 is 27.3 Å². The molecule has 1 aromatic heterocycles. The summed E-state index contributed by atoms with van der Waals surface area (Å²) in [6.45, 7) is -0.0833. The van der Waals surface area contributed by atoms with Crippen molar-refractivity contribution in [1.82, 2.24) is 4.72 Å². The third-order valence-electron chi connectivity index (χ3n) is 2.12. The zero-order chi connectivity index (χ0) is 14.6. The maximum atomic E-state index is 12.0. The molecule has 1 aromatic rings. The molecule has 0 bridgehead atoms. The molecular weight excluding hydrogens is 362 g/mol. The van der Waals surface area contributed by atoms with E-state index in [2.05, 4.69) is 20.7 Å². The molecule has 0 atom stereocenters. The molecule has 0 unspecified atom stereocenters. The van der Waals surface area contributed by atoms with Gasteiger partial charge >= 0.3 is 5.97 Å². The third kappa shape index (κ3) is 4.23. The maximum absolute atomic E-state index is 12.0. The Labute approximate surface area is 122 Å². The first-order valence-corrected chi connectivity index (χ1v) is 7.99. The SMILES string of the molecule is COC(CNS(=O)(=O)c1cc(C(=O)O)sc1Br)OC. The van der Waals surface area contributed by atoms with Crippen molar-refractivity contribution in [2.75, 3.05) is 20.8 Å². The molecule has 0 fully saturated rings. The van der Waals surface area contributed by atoms with Gasteiger partial charge in [0.1, 0.15) is 9.77 Å². The summed E-state index contributed by atoms with van der Waals surface area (Å²) in [7, 11) is -1.07. The summed E-state index contributed by atoms with van der Waals surface area (Å²) in [4.78, 5) is 10.6.